The number of ether oxygens (including phenoxy) is 1. The second-order valence-corrected chi connectivity index (χ2v) is 3.80. The molecule has 0 aliphatic rings. The van der Waals surface area contributed by atoms with Crippen LogP contribution >= 0.6 is 0 Å². The lowest BCUT2D eigenvalue weighted by molar-refractivity contribution is 0.369. The first-order valence-electron chi connectivity index (χ1n) is 5.93. The molecule has 2 aromatic carbocycles. The van der Waals surface area contributed by atoms with Gasteiger partial charge >= 0.3 is 0 Å². The van der Waals surface area contributed by atoms with Gasteiger partial charge in [-0.25, -0.2) is 0 Å². The van der Waals surface area contributed by atoms with Gasteiger partial charge in [0.15, 0.2) is 0 Å². The molecule has 0 heterocycles. The summed E-state index contributed by atoms with van der Waals surface area (Å²) >= 11 is 0. The smallest absolute Gasteiger partial charge is 0.149 e. The molecular formula is C17H14O. The van der Waals surface area contributed by atoms with Crippen LogP contribution < -0.4 is 4.74 Å². The highest BCUT2D eigenvalue weighted by Gasteiger charge is 2.05. The van der Waals surface area contributed by atoms with E-state index in [1.165, 1.54) is 0 Å². The zero-order chi connectivity index (χ0) is 12.8. The Balaban J connectivity index is 2.37. The Hall–Kier alpha value is -2.38. The van der Waals surface area contributed by atoms with E-state index >= 15 is 0 Å². The molecule has 0 amide bonds. The molecule has 0 fully saturated rings. The molecule has 88 valence electrons. The van der Waals surface area contributed by atoms with Crippen molar-refractivity contribution in [3.8, 4) is 29.9 Å². The van der Waals surface area contributed by atoms with Crippen LogP contribution in [0.1, 0.15) is 18.9 Å². The molecular weight excluding hydrogens is 220 g/mol. The summed E-state index contributed by atoms with van der Waals surface area (Å²) in [5, 5.41) is 2.17. The molecule has 0 N–H and O–H groups in total. The summed E-state index contributed by atoms with van der Waals surface area (Å²) in [5.74, 6) is 9.34. The van der Waals surface area contributed by atoms with Crippen LogP contribution in [0.2, 0.25) is 0 Å². The van der Waals surface area contributed by atoms with Gasteiger partial charge in [-0.3, -0.25) is 0 Å². The van der Waals surface area contributed by atoms with E-state index < -0.39 is 0 Å². The summed E-state index contributed by atoms with van der Waals surface area (Å²) < 4.78 is 5.62. The topological polar surface area (TPSA) is 9.23 Å². The fraction of sp³-hybridized carbons (Fsp3) is 0.176. The molecule has 0 aliphatic heterocycles. The van der Waals surface area contributed by atoms with Crippen molar-refractivity contribution in [1.82, 2.24) is 0 Å². The molecule has 0 aliphatic carbocycles. The van der Waals surface area contributed by atoms with Gasteiger partial charge in [-0.05, 0) is 11.5 Å². The largest absolute Gasteiger partial charge is 0.480 e. The predicted octanol–water partition coefficient (Wildman–Crippen LogP) is 3.61. The van der Waals surface area contributed by atoms with E-state index in [1.54, 1.807) is 0 Å². The third-order valence-corrected chi connectivity index (χ3v) is 2.64. The summed E-state index contributed by atoms with van der Waals surface area (Å²) in [4.78, 5) is 0. The molecule has 0 unspecified atom stereocenters. The maximum Gasteiger partial charge on any atom is 0.149 e. The van der Waals surface area contributed by atoms with Gasteiger partial charge < -0.3 is 4.74 Å². The summed E-state index contributed by atoms with van der Waals surface area (Å²) in [6, 6.07) is 11.9. The second kappa shape index (κ2) is 5.80. The number of rotatable bonds is 2. The lowest BCUT2D eigenvalue weighted by atomic mass is 10.0. The van der Waals surface area contributed by atoms with E-state index in [4.69, 9.17) is 11.2 Å². The SMILES string of the molecule is C#Cc1c(OCC#CCC)ccc2ccccc12. The lowest BCUT2D eigenvalue weighted by Crippen LogP contribution is -1.96. The highest BCUT2D eigenvalue weighted by Crippen LogP contribution is 2.27. The molecule has 18 heavy (non-hydrogen) atoms. The van der Waals surface area contributed by atoms with Gasteiger partial charge in [0, 0.05) is 11.8 Å². The molecule has 0 atom stereocenters. The van der Waals surface area contributed by atoms with Crippen LogP contribution in [0.4, 0.5) is 0 Å². The van der Waals surface area contributed by atoms with Crippen molar-refractivity contribution in [2.24, 2.45) is 0 Å². The first-order valence-corrected chi connectivity index (χ1v) is 5.93. The zero-order valence-corrected chi connectivity index (χ0v) is 10.4. The Bertz CT molecular complexity index is 651. The van der Waals surface area contributed by atoms with Crippen LogP contribution in [-0.2, 0) is 0 Å². The fourth-order valence-corrected chi connectivity index (χ4v) is 1.81. The molecule has 0 saturated carbocycles. The van der Waals surface area contributed by atoms with Crippen molar-refractivity contribution in [2.45, 2.75) is 13.3 Å². The maximum absolute atomic E-state index is 5.62. The number of fused-ring (bicyclic) bond motifs is 1. The van der Waals surface area contributed by atoms with Crippen molar-refractivity contribution in [3.63, 3.8) is 0 Å². The van der Waals surface area contributed by atoms with Crippen LogP contribution in [-0.4, -0.2) is 6.61 Å². The van der Waals surface area contributed by atoms with Crippen molar-refractivity contribution < 1.29 is 4.74 Å². The number of hydrogen-bond donors (Lipinski definition) is 0. The number of terminal acetylenes is 1. The molecule has 0 bridgehead atoms. The summed E-state index contributed by atoms with van der Waals surface area (Å²) in [6.07, 6.45) is 6.42. The van der Waals surface area contributed by atoms with Crippen LogP contribution in [0.15, 0.2) is 36.4 Å². The lowest BCUT2D eigenvalue weighted by Gasteiger charge is -2.08. The molecule has 0 spiro atoms. The van der Waals surface area contributed by atoms with Crippen molar-refractivity contribution in [1.29, 1.82) is 0 Å². The zero-order valence-electron chi connectivity index (χ0n) is 10.4. The van der Waals surface area contributed by atoms with E-state index in [2.05, 4.69) is 17.8 Å². The molecule has 1 nitrogen and oxygen atoms in total. The third-order valence-electron chi connectivity index (χ3n) is 2.64. The minimum absolute atomic E-state index is 0.376. The Labute approximate surface area is 108 Å². The molecule has 0 radical (unpaired) electrons. The van der Waals surface area contributed by atoms with Crippen molar-refractivity contribution in [2.75, 3.05) is 6.61 Å². The van der Waals surface area contributed by atoms with Gasteiger partial charge in [0.25, 0.3) is 0 Å². The van der Waals surface area contributed by atoms with Crippen LogP contribution in [0.3, 0.4) is 0 Å². The summed E-state index contributed by atoms with van der Waals surface area (Å²) in [5.41, 5.74) is 0.798. The number of hydrogen-bond acceptors (Lipinski definition) is 1. The van der Waals surface area contributed by atoms with E-state index in [0.717, 1.165) is 28.5 Å². The van der Waals surface area contributed by atoms with E-state index in [1.807, 2.05) is 43.3 Å². The van der Waals surface area contributed by atoms with Gasteiger partial charge in [-0.1, -0.05) is 49.1 Å². The Morgan fingerprint density at radius 3 is 2.72 bits per heavy atom. The first kappa shape index (κ1) is 12.1. The molecule has 2 aromatic rings. The van der Waals surface area contributed by atoms with E-state index in [-0.39, 0.29) is 0 Å². The Morgan fingerprint density at radius 2 is 1.94 bits per heavy atom. The van der Waals surface area contributed by atoms with Gasteiger partial charge in [-0.15, -0.1) is 12.3 Å². The molecule has 0 aromatic heterocycles. The van der Waals surface area contributed by atoms with Crippen molar-refractivity contribution >= 4 is 10.8 Å². The first-order chi connectivity index (χ1) is 8.86. The Kier molecular flexibility index (Phi) is 3.90. The fourth-order valence-electron chi connectivity index (χ4n) is 1.81. The standard InChI is InChI=1S/C17H14O/c1-3-5-8-13-18-17-12-11-14-9-6-7-10-16(14)15(17)4-2/h2,6-7,9-12H,3,13H2,1H3. The molecule has 1 heteroatoms. The minimum atomic E-state index is 0.376. The molecule has 0 saturated heterocycles. The van der Waals surface area contributed by atoms with Gasteiger partial charge in [0.1, 0.15) is 12.4 Å². The summed E-state index contributed by atoms with van der Waals surface area (Å²) in [7, 11) is 0. The van der Waals surface area contributed by atoms with Gasteiger partial charge in [0.05, 0.1) is 5.56 Å². The predicted molar refractivity (Wildman–Crippen MR) is 75.4 cm³/mol. The average Bonchev–Trinajstić information content (AvgIpc) is 2.43. The minimum Gasteiger partial charge on any atom is -0.480 e. The third kappa shape index (κ3) is 2.47. The van der Waals surface area contributed by atoms with Crippen LogP contribution in [0.25, 0.3) is 10.8 Å². The Morgan fingerprint density at radius 1 is 1.11 bits per heavy atom. The van der Waals surface area contributed by atoms with E-state index in [0.29, 0.717) is 6.61 Å². The monoisotopic (exact) mass is 234 g/mol. The second-order valence-electron chi connectivity index (χ2n) is 3.80. The highest BCUT2D eigenvalue weighted by atomic mass is 16.5. The van der Waals surface area contributed by atoms with Crippen molar-refractivity contribution in [3.05, 3.63) is 42.0 Å². The molecule has 2 rings (SSSR count). The highest BCUT2D eigenvalue weighted by molar-refractivity contribution is 5.90. The van der Waals surface area contributed by atoms with Gasteiger partial charge in [0.2, 0.25) is 0 Å². The quantitative estimate of drug-likeness (QED) is 0.721. The normalized spacial score (nSPS) is 9.33. The van der Waals surface area contributed by atoms with Crippen LogP contribution in [0.5, 0.6) is 5.75 Å². The number of benzene rings is 2. The summed E-state index contributed by atoms with van der Waals surface area (Å²) in [6.45, 7) is 2.39. The maximum atomic E-state index is 5.62. The van der Waals surface area contributed by atoms with E-state index in [9.17, 15) is 0 Å². The van der Waals surface area contributed by atoms with Crippen LogP contribution in [0, 0.1) is 24.2 Å². The van der Waals surface area contributed by atoms with Gasteiger partial charge in [-0.2, -0.15) is 0 Å². The average molecular weight is 234 g/mol.